The lowest BCUT2D eigenvalue weighted by molar-refractivity contribution is -0.133. The number of carbonyl (C=O) groups excluding carboxylic acids is 1. The van der Waals surface area contributed by atoms with Crippen molar-refractivity contribution in [3.8, 4) is 5.75 Å². The highest BCUT2D eigenvalue weighted by Gasteiger charge is 2.24. The predicted octanol–water partition coefficient (Wildman–Crippen LogP) is 3.16. The van der Waals surface area contributed by atoms with Crippen LogP contribution in [0.2, 0.25) is 0 Å². The number of rotatable bonds is 9. The largest absolute Gasteiger partial charge is 0.494 e. The van der Waals surface area contributed by atoms with Gasteiger partial charge in [0.15, 0.2) is 5.82 Å². The summed E-state index contributed by atoms with van der Waals surface area (Å²) in [7, 11) is 0. The highest BCUT2D eigenvalue weighted by molar-refractivity contribution is 5.78. The van der Waals surface area contributed by atoms with Crippen LogP contribution < -0.4 is 4.74 Å². The topological polar surface area (TPSA) is 86.9 Å². The number of amides is 1. The van der Waals surface area contributed by atoms with Crippen molar-refractivity contribution in [3.05, 3.63) is 41.5 Å². The molecule has 2 aromatic rings. The Morgan fingerprint density at radius 2 is 1.88 bits per heavy atom. The molecule has 4 rings (SSSR count). The molecule has 0 radical (unpaired) electrons. The number of aromatic nitrogens is 2. The van der Waals surface area contributed by atoms with E-state index in [1.807, 2.05) is 36.1 Å². The maximum absolute atomic E-state index is 12.6. The van der Waals surface area contributed by atoms with Gasteiger partial charge < -0.3 is 23.6 Å². The van der Waals surface area contributed by atoms with E-state index in [0.29, 0.717) is 37.8 Å². The van der Waals surface area contributed by atoms with Gasteiger partial charge in [-0.3, -0.25) is 4.79 Å². The summed E-state index contributed by atoms with van der Waals surface area (Å²) in [6.07, 6.45) is 4.83. The number of carbonyl (C=O) groups is 1. The Labute approximate surface area is 189 Å². The van der Waals surface area contributed by atoms with Crippen molar-refractivity contribution in [2.75, 3.05) is 39.5 Å². The third-order valence-electron chi connectivity index (χ3n) is 6.12. The fourth-order valence-electron chi connectivity index (χ4n) is 4.22. The van der Waals surface area contributed by atoms with Crippen molar-refractivity contribution in [3.63, 3.8) is 0 Å². The van der Waals surface area contributed by atoms with E-state index in [-0.39, 0.29) is 12.0 Å². The van der Waals surface area contributed by atoms with Crippen LogP contribution in [0.4, 0.5) is 0 Å². The van der Waals surface area contributed by atoms with Crippen LogP contribution in [0.1, 0.15) is 55.8 Å². The van der Waals surface area contributed by atoms with Gasteiger partial charge in [-0.2, -0.15) is 4.98 Å². The van der Waals surface area contributed by atoms with Crippen LogP contribution >= 0.6 is 0 Å². The minimum Gasteiger partial charge on any atom is -0.494 e. The highest BCUT2D eigenvalue weighted by atomic mass is 16.5. The number of ether oxygens (including phenoxy) is 3. The SMILES string of the molecule is CCOc1ccc(CC(=O)N2CCC(OCCc3noc(C4CCOCC4)n3)CC2)cc1. The van der Waals surface area contributed by atoms with Gasteiger partial charge in [-0.1, -0.05) is 17.3 Å². The quantitative estimate of drug-likeness (QED) is 0.588. The molecular weight excluding hydrogens is 410 g/mol. The number of hydrogen-bond donors (Lipinski definition) is 0. The lowest BCUT2D eigenvalue weighted by Crippen LogP contribution is -2.41. The lowest BCUT2D eigenvalue weighted by atomic mass is 10.0. The molecule has 0 atom stereocenters. The van der Waals surface area contributed by atoms with Crippen molar-refractivity contribution >= 4 is 5.91 Å². The Morgan fingerprint density at radius 1 is 1.12 bits per heavy atom. The molecule has 2 saturated heterocycles. The number of benzene rings is 1. The van der Waals surface area contributed by atoms with E-state index < -0.39 is 0 Å². The zero-order valence-electron chi connectivity index (χ0n) is 18.8. The molecule has 1 aromatic carbocycles. The smallest absolute Gasteiger partial charge is 0.229 e. The van der Waals surface area contributed by atoms with Crippen molar-refractivity contribution < 1.29 is 23.5 Å². The zero-order chi connectivity index (χ0) is 22.2. The molecule has 0 unspecified atom stereocenters. The van der Waals surface area contributed by atoms with Crippen LogP contribution in [0.3, 0.4) is 0 Å². The first kappa shape index (κ1) is 22.7. The number of nitrogens with zero attached hydrogens (tertiary/aromatic N) is 3. The van der Waals surface area contributed by atoms with Gasteiger partial charge in [0.05, 0.1) is 25.7 Å². The Balaban J connectivity index is 1.14. The van der Waals surface area contributed by atoms with Crippen molar-refractivity contribution in [2.24, 2.45) is 0 Å². The first-order chi connectivity index (χ1) is 15.7. The molecule has 2 aliphatic heterocycles. The van der Waals surface area contributed by atoms with Gasteiger partial charge in [-0.25, -0.2) is 0 Å². The molecule has 174 valence electrons. The second kappa shape index (κ2) is 11.4. The van der Waals surface area contributed by atoms with E-state index in [9.17, 15) is 4.79 Å². The van der Waals surface area contributed by atoms with Gasteiger partial charge >= 0.3 is 0 Å². The molecule has 1 aromatic heterocycles. The van der Waals surface area contributed by atoms with Crippen LogP contribution in [-0.4, -0.2) is 66.6 Å². The summed E-state index contributed by atoms with van der Waals surface area (Å²) in [4.78, 5) is 19.1. The van der Waals surface area contributed by atoms with Gasteiger partial charge in [0.1, 0.15) is 5.75 Å². The molecule has 3 heterocycles. The molecule has 0 aliphatic carbocycles. The zero-order valence-corrected chi connectivity index (χ0v) is 18.8. The maximum atomic E-state index is 12.6. The summed E-state index contributed by atoms with van der Waals surface area (Å²) in [6.45, 7) is 6.15. The summed E-state index contributed by atoms with van der Waals surface area (Å²) < 4.78 is 22.3. The average molecular weight is 444 g/mol. The molecule has 8 heteroatoms. The van der Waals surface area contributed by atoms with Crippen LogP contribution in [0, 0.1) is 0 Å². The summed E-state index contributed by atoms with van der Waals surface area (Å²) >= 11 is 0. The molecule has 2 aliphatic rings. The Hall–Kier alpha value is -2.45. The van der Waals surface area contributed by atoms with Gasteiger partial charge in [0.2, 0.25) is 11.8 Å². The van der Waals surface area contributed by atoms with Gasteiger partial charge in [-0.05, 0) is 50.3 Å². The first-order valence-electron chi connectivity index (χ1n) is 11.7. The minimum absolute atomic E-state index is 0.167. The molecule has 1 amide bonds. The molecule has 8 nitrogen and oxygen atoms in total. The molecule has 2 fully saturated rings. The average Bonchev–Trinajstić information content (AvgIpc) is 3.30. The molecular formula is C24H33N3O5. The van der Waals surface area contributed by atoms with Crippen LogP contribution in [0.5, 0.6) is 5.75 Å². The molecule has 0 saturated carbocycles. The van der Waals surface area contributed by atoms with E-state index >= 15 is 0 Å². The molecule has 0 bridgehead atoms. The van der Waals surface area contributed by atoms with E-state index in [1.54, 1.807) is 0 Å². The summed E-state index contributed by atoms with van der Waals surface area (Å²) in [5.41, 5.74) is 1.01. The van der Waals surface area contributed by atoms with Crippen LogP contribution in [-0.2, 0) is 27.1 Å². The number of likely N-dealkylation sites (tertiary alicyclic amines) is 1. The van der Waals surface area contributed by atoms with Gasteiger partial charge in [-0.15, -0.1) is 0 Å². The number of piperidine rings is 1. The van der Waals surface area contributed by atoms with E-state index in [4.69, 9.17) is 18.7 Å². The molecule has 0 spiro atoms. The van der Waals surface area contributed by atoms with Gasteiger partial charge in [0, 0.05) is 38.6 Å². The van der Waals surface area contributed by atoms with Crippen LogP contribution in [0.15, 0.2) is 28.8 Å². The standard InChI is InChI=1S/C24H33N3O5/c1-2-30-20-5-3-18(4-6-20)17-23(28)27-12-7-21(8-13-27)31-16-11-22-25-24(32-26-22)19-9-14-29-15-10-19/h3-6,19,21H,2,7-17H2,1H3. The van der Waals surface area contributed by atoms with Crippen molar-refractivity contribution in [1.29, 1.82) is 0 Å². The van der Waals surface area contributed by atoms with Crippen LogP contribution in [0.25, 0.3) is 0 Å². The second-order valence-electron chi connectivity index (χ2n) is 8.39. The van der Waals surface area contributed by atoms with Crippen molar-refractivity contribution in [1.82, 2.24) is 15.0 Å². The fourth-order valence-corrected chi connectivity index (χ4v) is 4.22. The number of hydrogen-bond acceptors (Lipinski definition) is 7. The van der Waals surface area contributed by atoms with Gasteiger partial charge in [0.25, 0.3) is 0 Å². The predicted molar refractivity (Wildman–Crippen MR) is 118 cm³/mol. The van der Waals surface area contributed by atoms with E-state index in [0.717, 1.165) is 69.2 Å². The maximum Gasteiger partial charge on any atom is 0.229 e. The van der Waals surface area contributed by atoms with E-state index in [2.05, 4.69) is 10.1 Å². The monoisotopic (exact) mass is 443 g/mol. The van der Waals surface area contributed by atoms with Crippen molar-refractivity contribution in [2.45, 2.75) is 57.5 Å². The third-order valence-corrected chi connectivity index (χ3v) is 6.12. The Kier molecular flexibility index (Phi) is 8.12. The summed E-state index contributed by atoms with van der Waals surface area (Å²) in [5, 5.41) is 4.10. The Morgan fingerprint density at radius 3 is 2.59 bits per heavy atom. The highest BCUT2D eigenvalue weighted by Crippen LogP contribution is 2.25. The second-order valence-corrected chi connectivity index (χ2v) is 8.39. The Bertz CT molecular complexity index is 840. The first-order valence-corrected chi connectivity index (χ1v) is 11.7. The lowest BCUT2D eigenvalue weighted by Gasteiger charge is -2.32. The minimum atomic E-state index is 0.167. The molecule has 32 heavy (non-hydrogen) atoms. The van der Waals surface area contributed by atoms with E-state index in [1.165, 1.54) is 0 Å². The fraction of sp³-hybridized carbons (Fsp3) is 0.625. The summed E-state index contributed by atoms with van der Waals surface area (Å²) in [6, 6.07) is 7.76. The molecule has 0 N–H and O–H groups in total. The summed E-state index contributed by atoms with van der Waals surface area (Å²) in [5.74, 6) is 2.75. The third kappa shape index (κ3) is 6.29. The normalized spacial score (nSPS) is 18.1.